The van der Waals surface area contributed by atoms with Crippen molar-refractivity contribution in [3.8, 4) is 5.75 Å². The van der Waals surface area contributed by atoms with Gasteiger partial charge < -0.3 is 9.47 Å². The number of ketones is 1. The van der Waals surface area contributed by atoms with E-state index in [0.717, 1.165) is 29.5 Å². The van der Waals surface area contributed by atoms with Crippen molar-refractivity contribution in [1.82, 2.24) is 0 Å². The van der Waals surface area contributed by atoms with E-state index in [-0.39, 0.29) is 5.78 Å². The molecule has 1 aliphatic heterocycles. The van der Waals surface area contributed by atoms with Crippen molar-refractivity contribution in [3.05, 3.63) is 28.2 Å². The SMILES string of the molecule is CCCOc1ccc(C(=O)C2(C)CCCO2)cc1Br. The summed E-state index contributed by atoms with van der Waals surface area (Å²) in [6.45, 7) is 5.27. The summed E-state index contributed by atoms with van der Waals surface area (Å²) >= 11 is 3.45. The van der Waals surface area contributed by atoms with E-state index in [1.807, 2.05) is 25.1 Å². The van der Waals surface area contributed by atoms with Gasteiger partial charge in [-0.15, -0.1) is 0 Å². The number of ether oxygens (including phenoxy) is 2. The minimum Gasteiger partial charge on any atom is -0.492 e. The Kier molecular flexibility index (Phi) is 4.63. The molecule has 0 aromatic heterocycles. The minimum absolute atomic E-state index is 0.0488. The van der Waals surface area contributed by atoms with Crippen molar-refractivity contribution in [2.75, 3.05) is 13.2 Å². The number of benzene rings is 1. The van der Waals surface area contributed by atoms with Crippen molar-refractivity contribution in [1.29, 1.82) is 0 Å². The minimum atomic E-state index is -0.661. The Morgan fingerprint density at radius 3 is 2.89 bits per heavy atom. The third-order valence-electron chi connectivity index (χ3n) is 3.35. The summed E-state index contributed by atoms with van der Waals surface area (Å²) in [5, 5.41) is 0. The van der Waals surface area contributed by atoms with Crippen LogP contribution in [0, 0.1) is 0 Å². The molecule has 0 spiro atoms. The predicted octanol–water partition coefficient (Wildman–Crippen LogP) is 3.99. The summed E-state index contributed by atoms with van der Waals surface area (Å²) < 4.78 is 12.0. The lowest BCUT2D eigenvalue weighted by Crippen LogP contribution is -2.34. The standard InChI is InChI=1S/C15H19BrO3/c1-3-8-18-13-6-5-11(10-12(13)16)14(17)15(2)7-4-9-19-15/h5-6,10H,3-4,7-9H2,1-2H3. The van der Waals surface area contributed by atoms with Crippen LogP contribution in [0.1, 0.15) is 43.5 Å². The molecule has 19 heavy (non-hydrogen) atoms. The van der Waals surface area contributed by atoms with Crippen LogP contribution in [0.5, 0.6) is 5.75 Å². The average molecular weight is 327 g/mol. The Morgan fingerprint density at radius 2 is 2.32 bits per heavy atom. The van der Waals surface area contributed by atoms with Gasteiger partial charge in [-0.25, -0.2) is 0 Å². The summed E-state index contributed by atoms with van der Waals surface area (Å²) in [4.78, 5) is 12.5. The Morgan fingerprint density at radius 1 is 1.53 bits per heavy atom. The zero-order chi connectivity index (χ0) is 13.9. The Labute approximate surface area is 122 Å². The van der Waals surface area contributed by atoms with Crippen LogP contribution in [-0.4, -0.2) is 24.6 Å². The zero-order valence-electron chi connectivity index (χ0n) is 11.4. The van der Waals surface area contributed by atoms with Crippen LogP contribution in [0.2, 0.25) is 0 Å². The predicted molar refractivity (Wildman–Crippen MR) is 77.8 cm³/mol. The lowest BCUT2D eigenvalue weighted by atomic mass is 9.92. The highest BCUT2D eigenvalue weighted by molar-refractivity contribution is 9.10. The molecule has 1 aliphatic rings. The van der Waals surface area contributed by atoms with E-state index in [0.29, 0.717) is 18.8 Å². The summed E-state index contributed by atoms with van der Waals surface area (Å²) in [7, 11) is 0. The number of carbonyl (C=O) groups excluding carboxylic acids is 1. The smallest absolute Gasteiger partial charge is 0.194 e. The van der Waals surface area contributed by atoms with Crippen molar-refractivity contribution < 1.29 is 14.3 Å². The highest BCUT2D eigenvalue weighted by Crippen LogP contribution is 2.32. The highest BCUT2D eigenvalue weighted by atomic mass is 79.9. The first kappa shape index (κ1) is 14.5. The largest absolute Gasteiger partial charge is 0.492 e. The molecule has 1 saturated heterocycles. The molecule has 3 nitrogen and oxygen atoms in total. The molecule has 1 aromatic rings. The van der Waals surface area contributed by atoms with Crippen LogP contribution in [-0.2, 0) is 4.74 Å². The van der Waals surface area contributed by atoms with Gasteiger partial charge in [-0.2, -0.15) is 0 Å². The fourth-order valence-electron chi connectivity index (χ4n) is 2.23. The van der Waals surface area contributed by atoms with E-state index in [4.69, 9.17) is 9.47 Å². The second kappa shape index (κ2) is 6.06. The first-order valence-corrected chi connectivity index (χ1v) is 7.47. The molecular formula is C15H19BrO3. The van der Waals surface area contributed by atoms with Crippen LogP contribution in [0.4, 0.5) is 0 Å². The number of Topliss-reactive ketones (excluding diaryl/α,β-unsaturated/α-hetero) is 1. The third-order valence-corrected chi connectivity index (χ3v) is 3.97. The van der Waals surface area contributed by atoms with Crippen LogP contribution >= 0.6 is 15.9 Å². The molecule has 1 heterocycles. The van der Waals surface area contributed by atoms with Crippen LogP contribution in [0.25, 0.3) is 0 Å². The van der Waals surface area contributed by atoms with E-state index in [9.17, 15) is 4.79 Å². The molecular weight excluding hydrogens is 308 g/mol. The molecule has 0 aliphatic carbocycles. The average Bonchev–Trinajstić information content (AvgIpc) is 2.84. The molecule has 0 saturated carbocycles. The molecule has 1 atom stereocenters. The third kappa shape index (κ3) is 3.18. The molecule has 0 N–H and O–H groups in total. The quantitative estimate of drug-likeness (QED) is 0.767. The van der Waals surface area contributed by atoms with Gasteiger partial charge in [0.2, 0.25) is 0 Å². The first-order valence-electron chi connectivity index (χ1n) is 6.68. The number of hydrogen-bond acceptors (Lipinski definition) is 3. The van der Waals surface area contributed by atoms with Gasteiger partial charge in [0.25, 0.3) is 0 Å². The van der Waals surface area contributed by atoms with E-state index in [1.165, 1.54) is 0 Å². The summed E-state index contributed by atoms with van der Waals surface area (Å²) in [6, 6.07) is 5.47. The van der Waals surface area contributed by atoms with Gasteiger partial charge >= 0.3 is 0 Å². The van der Waals surface area contributed by atoms with Gasteiger partial charge in [0.05, 0.1) is 11.1 Å². The van der Waals surface area contributed by atoms with Crippen molar-refractivity contribution in [2.24, 2.45) is 0 Å². The highest BCUT2D eigenvalue weighted by Gasteiger charge is 2.38. The van der Waals surface area contributed by atoms with Gasteiger partial charge in [0.15, 0.2) is 5.78 Å². The normalized spacial score (nSPS) is 22.5. The molecule has 1 unspecified atom stereocenters. The Balaban J connectivity index is 2.17. The number of hydrogen-bond donors (Lipinski definition) is 0. The van der Waals surface area contributed by atoms with E-state index >= 15 is 0 Å². The lowest BCUT2D eigenvalue weighted by Gasteiger charge is -2.21. The summed E-state index contributed by atoms with van der Waals surface area (Å²) in [5.41, 5.74) is 0.00531. The molecule has 2 rings (SSSR count). The molecule has 0 bridgehead atoms. The van der Waals surface area contributed by atoms with Gasteiger partial charge in [-0.1, -0.05) is 6.92 Å². The van der Waals surface area contributed by atoms with Crippen LogP contribution in [0.3, 0.4) is 0 Å². The Hall–Kier alpha value is -0.870. The van der Waals surface area contributed by atoms with E-state index < -0.39 is 5.60 Å². The first-order chi connectivity index (χ1) is 9.07. The van der Waals surface area contributed by atoms with Gasteiger partial charge in [0, 0.05) is 12.2 Å². The van der Waals surface area contributed by atoms with Gasteiger partial charge in [0.1, 0.15) is 11.4 Å². The molecule has 0 radical (unpaired) electrons. The second-order valence-corrected chi connectivity index (χ2v) is 5.86. The summed E-state index contributed by atoms with van der Waals surface area (Å²) in [5.74, 6) is 0.823. The van der Waals surface area contributed by atoms with Crippen molar-refractivity contribution in [3.63, 3.8) is 0 Å². The Bertz CT molecular complexity index is 464. The van der Waals surface area contributed by atoms with Crippen LogP contribution < -0.4 is 4.74 Å². The number of halogens is 1. The topological polar surface area (TPSA) is 35.5 Å². The van der Waals surface area contributed by atoms with Crippen molar-refractivity contribution in [2.45, 2.75) is 38.7 Å². The maximum atomic E-state index is 12.5. The lowest BCUT2D eigenvalue weighted by molar-refractivity contribution is 0.0213. The maximum absolute atomic E-state index is 12.5. The molecule has 1 aromatic carbocycles. The molecule has 1 fully saturated rings. The number of carbonyl (C=O) groups is 1. The van der Waals surface area contributed by atoms with Gasteiger partial charge in [-0.3, -0.25) is 4.79 Å². The number of rotatable bonds is 5. The monoisotopic (exact) mass is 326 g/mol. The fraction of sp³-hybridized carbons (Fsp3) is 0.533. The van der Waals surface area contributed by atoms with E-state index in [1.54, 1.807) is 0 Å². The maximum Gasteiger partial charge on any atom is 0.194 e. The fourth-order valence-corrected chi connectivity index (χ4v) is 2.73. The van der Waals surface area contributed by atoms with Crippen molar-refractivity contribution >= 4 is 21.7 Å². The second-order valence-electron chi connectivity index (χ2n) is 5.01. The van der Waals surface area contributed by atoms with E-state index in [2.05, 4.69) is 22.9 Å². The molecule has 104 valence electrons. The summed E-state index contributed by atoms with van der Waals surface area (Å²) in [6.07, 6.45) is 2.69. The van der Waals surface area contributed by atoms with Crippen LogP contribution in [0.15, 0.2) is 22.7 Å². The van der Waals surface area contributed by atoms with Gasteiger partial charge in [-0.05, 0) is 60.3 Å². The zero-order valence-corrected chi connectivity index (χ0v) is 13.0. The molecule has 0 amide bonds. The molecule has 4 heteroatoms.